The van der Waals surface area contributed by atoms with Gasteiger partial charge in [0.05, 0.1) is 5.69 Å². The number of hydrogen-bond donors (Lipinski definition) is 1. The van der Waals surface area contributed by atoms with Crippen LogP contribution < -0.4 is 5.73 Å². The summed E-state index contributed by atoms with van der Waals surface area (Å²) in [6, 6.07) is 7.88. The molecule has 3 aromatic rings. The Morgan fingerprint density at radius 3 is 2.83 bits per heavy atom. The van der Waals surface area contributed by atoms with Crippen LogP contribution in [-0.4, -0.2) is 15.0 Å². The summed E-state index contributed by atoms with van der Waals surface area (Å²) in [5.74, 6) is 0.505. The molecule has 18 heavy (non-hydrogen) atoms. The number of fused-ring (bicyclic) bond motifs is 1. The Morgan fingerprint density at radius 2 is 2.00 bits per heavy atom. The van der Waals surface area contributed by atoms with Gasteiger partial charge in [-0.1, -0.05) is 0 Å². The summed E-state index contributed by atoms with van der Waals surface area (Å²) in [4.78, 5) is 12.7. The molecule has 0 spiro atoms. The molecule has 3 heterocycles. The van der Waals surface area contributed by atoms with Crippen LogP contribution in [0.5, 0.6) is 0 Å². The van der Waals surface area contributed by atoms with Crippen molar-refractivity contribution in [1.82, 2.24) is 15.0 Å². The van der Waals surface area contributed by atoms with E-state index in [9.17, 15) is 0 Å². The molecule has 0 saturated carbocycles. The second kappa shape index (κ2) is 4.07. The minimum Gasteiger partial charge on any atom is -0.383 e. The lowest BCUT2D eigenvalue weighted by Gasteiger charge is -2.06. The van der Waals surface area contributed by atoms with E-state index in [4.69, 9.17) is 5.73 Å². The van der Waals surface area contributed by atoms with Gasteiger partial charge in [0.25, 0.3) is 0 Å². The van der Waals surface area contributed by atoms with Crippen molar-refractivity contribution >= 4 is 16.6 Å². The first-order chi connectivity index (χ1) is 8.74. The van der Waals surface area contributed by atoms with Crippen LogP contribution in [0.3, 0.4) is 0 Å². The molecular weight excluding hydrogens is 224 g/mol. The average molecular weight is 236 g/mol. The van der Waals surface area contributed by atoms with Gasteiger partial charge in [0.2, 0.25) is 0 Å². The number of rotatable bonds is 1. The summed E-state index contributed by atoms with van der Waals surface area (Å²) >= 11 is 0. The first-order valence-corrected chi connectivity index (χ1v) is 5.67. The molecule has 3 rings (SSSR count). The third-order valence-electron chi connectivity index (χ3n) is 2.86. The highest BCUT2D eigenvalue weighted by Gasteiger charge is 2.05. The van der Waals surface area contributed by atoms with E-state index < -0.39 is 0 Å². The number of nitrogens with zero attached hydrogens (tertiary/aromatic N) is 3. The van der Waals surface area contributed by atoms with E-state index in [-0.39, 0.29) is 0 Å². The fraction of sp³-hybridized carbons (Fsp3) is 0.0714. The predicted molar refractivity (Wildman–Crippen MR) is 71.9 cm³/mol. The van der Waals surface area contributed by atoms with Gasteiger partial charge in [0.15, 0.2) is 0 Å². The molecule has 0 aliphatic heterocycles. The maximum Gasteiger partial charge on any atom is 0.133 e. The van der Waals surface area contributed by atoms with Crippen LogP contribution in [0, 0.1) is 6.92 Å². The van der Waals surface area contributed by atoms with Crippen LogP contribution in [0.25, 0.3) is 22.0 Å². The number of hydrogen-bond acceptors (Lipinski definition) is 4. The quantitative estimate of drug-likeness (QED) is 0.705. The molecule has 0 atom stereocenters. The number of aryl methyl sites for hydroxylation is 1. The third kappa shape index (κ3) is 1.78. The van der Waals surface area contributed by atoms with E-state index >= 15 is 0 Å². The van der Waals surface area contributed by atoms with Crippen molar-refractivity contribution in [3.05, 3.63) is 48.5 Å². The van der Waals surface area contributed by atoms with Crippen LogP contribution >= 0.6 is 0 Å². The third-order valence-corrected chi connectivity index (χ3v) is 2.86. The van der Waals surface area contributed by atoms with E-state index in [2.05, 4.69) is 15.0 Å². The summed E-state index contributed by atoms with van der Waals surface area (Å²) in [6.45, 7) is 1.96. The lowest BCUT2D eigenvalue weighted by Crippen LogP contribution is -1.95. The van der Waals surface area contributed by atoms with Crippen LogP contribution in [-0.2, 0) is 0 Å². The molecule has 2 N–H and O–H groups in total. The Labute approximate surface area is 105 Å². The Hall–Kier alpha value is -2.49. The summed E-state index contributed by atoms with van der Waals surface area (Å²) < 4.78 is 0. The minimum atomic E-state index is 0.505. The molecule has 0 aliphatic rings. The number of nitrogen functional groups attached to an aromatic ring is 1. The molecule has 0 bridgehead atoms. The fourth-order valence-electron chi connectivity index (χ4n) is 1.97. The molecule has 0 aliphatic carbocycles. The molecule has 0 saturated heterocycles. The second-order valence-corrected chi connectivity index (χ2v) is 4.18. The van der Waals surface area contributed by atoms with Gasteiger partial charge in [-0.25, -0.2) is 4.98 Å². The van der Waals surface area contributed by atoms with Crippen molar-refractivity contribution in [1.29, 1.82) is 0 Å². The van der Waals surface area contributed by atoms with Crippen LogP contribution in [0.4, 0.5) is 5.82 Å². The normalized spacial score (nSPS) is 10.7. The van der Waals surface area contributed by atoms with Gasteiger partial charge >= 0.3 is 0 Å². The van der Waals surface area contributed by atoms with Gasteiger partial charge in [-0.2, -0.15) is 0 Å². The van der Waals surface area contributed by atoms with Crippen molar-refractivity contribution in [2.75, 3.05) is 5.73 Å². The summed E-state index contributed by atoms with van der Waals surface area (Å²) in [5.41, 5.74) is 8.81. The molecule has 3 aromatic heterocycles. The van der Waals surface area contributed by atoms with Crippen molar-refractivity contribution in [2.45, 2.75) is 6.92 Å². The molecule has 0 aromatic carbocycles. The highest BCUT2D eigenvalue weighted by Crippen LogP contribution is 2.25. The summed E-state index contributed by atoms with van der Waals surface area (Å²) in [6.07, 6.45) is 5.27. The SMILES string of the molecule is Cc1cc(-c2cc3ccncc3c(N)n2)ccn1. The van der Waals surface area contributed by atoms with Crippen LogP contribution in [0.2, 0.25) is 0 Å². The van der Waals surface area contributed by atoms with E-state index in [1.165, 1.54) is 0 Å². The van der Waals surface area contributed by atoms with E-state index in [1.807, 2.05) is 31.2 Å². The van der Waals surface area contributed by atoms with Gasteiger partial charge in [-0.05, 0) is 36.6 Å². The van der Waals surface area contributed by atoms with Gasteiger partial charge in [0.1, 0.15) is 5.82 Å². The lowest BCUT2D eigenvalue weighted by molar-refractivity contribution is 1.20. The number of nitrogens with two attached hydrogens (primary N) is 1. The first kappa shape index (κ1) is 10.7. The molecule has 4 heteroatoms. The molecular formula is C14H12N4. The Bertz CT molecular complexity index is 722. The van der Waals surface area contributed by atoms with E-state index in [0.717, 1.165) is 27.7 Å². The molecule has 0 fully saturated rings. The monoisotopic (exact) mass is 236 g/mol. The number of aromatic nitrogens is 3. The maximum absolute atomic E-state index is 5.97. The standard InChI is InChI=1S/C14H12N4/c1-9-6-11(3-5-17-9)13-7-10-2-4-16-8-12(10)14(15)18-13/h2-8H,1H3,(H2,15,18). The Morgan fingerprint density at radius 1 is 1.11 bits per heavy atom. The van der Waals surface area contributed by atoms with Crippen LogP contribution in [0.1, 0.15) is 5.69 Å². The largest absolute Gasteiger partial charge is 0.383 e. The molecule has 0 amide bonds. The number of pyridine rings is 3. The lowest BCUT2D eigenvalue weighted by atomic mass is 10.1. The van der Waals surface area contributed by atoms with Gasteiger partial charge < -0.3 is 5.73 Å². The van der Waals surface area contributed by atoms with Crippen molar-refractivity contribution in [2.24, 2.45) is 0 Å². The summed E-state index contributed by atoms with van der Waals surface area (Å²) in [5, 5.41) is 1.92. The zero-order valence-electron chi connectivity index (χ0n) is 9.96. The molecule has 0 unspecified atom stereocenters. The Kier molecular flexibility index (Phi) is 2.41. The maximum atomic E-state index is 5.97. The second-order valence-electron chi connectivity index (χ2n) is 4.18. The van der Waals surface area contributed by atoms with Gasteiger partial charge in [-0.3, -0.25) is 9.97 Å². The average Bonchev–Trinajstić information content (AvgIpc) is 2.39. The zero-order chi connectivity index (χ0) is 12.5. The van der Waals surface area contributed by atoms with E-state index in [0.29, 0.717) is 5.82 Å². The molecule has 0 radical (unpaired) electrons. The van der Waals surface area contributed by atoms with Crippen molar-refractivity contribution in [3.8, 4) is 11.3 Å². The smallest absolute Gasteiger partial charge is 0.133 e. The molecule has 88 valence electrons. The zero-order valence-corrected chi connectivity index (χ0v) is 9.96. The highest BCUT2D eigenvalue weighted by molar-refractivity contribution is 5.92. The van der Waals surface area contributed by atoms with Crippen LogP contribution in [0.15, 0.2) is 42.9 Å². The predicted octanol–water partition coefficient (Wildman–Crippen LogP) is 2.58. The molecule has 4 nitrogen and oxygen atoms in total. The Balaban J connectivity index is 2.24. The highest BCUT2D eigenvalue weighted by atomic mass is 14.8. The first-order valence-electron chi connectivity index (χ1n) is 5.67. The topological polar surface area (TPSA) is 64.7 Å². The van der Waals surface area contributed by atoms with Crippen molar-refractivity contribution < 1.29 is 0 Å². The fourth-order valence-corrected chi connectivity index (χ4v) is 1.97. The van der Waals surface area contributed by atoms with E-state index in [1.54, 1.807) is 18.6 Å². The van der Waals surface area contributed by atoms with Gasteiger partial charge in [0, 0.05) is 35.2 Å². The van der Waals surface area contributed by atoms with Gasteiger partial charge in [-0.15, -0.1) is 0 Å². The summed E-state index contributed by atoms with van der Waals surface area (Å²) in [7, 11) is 0. The minimum absolute atomic E-state index is 0.505. The van der Waals surface area contributed by atoms with Crippen molar-refractivity contribution in [3.63, 3.8) is 0 Å². The number of anilines is 1.